The molecule has 0 amide bonds. The highest BCUT2D eigenvalue weighted by molar-refractivity contribution is 14.1. The Morgan fingerprint density at radius 1 is 1.13 bits per heavy atom. The summed E-state index contributed by atoms with van der Waals surface area (Å²) in [6.07, 6.45) is -0.0315. The number of rotatable bonds is 5. The Morgan fingerprint density at radius 3 is 2.48 bits per heavy atom. The Hall–Kier alpha value is -1.93. The zero-order valence-electron chi connectivity index (χ0n) is 12.0. The molecule has 0 radical (unpaired) electrons. The Bertz CT molecular complexity index is 816. The van der Waals surface area contributed by atoms with Crippen LogP contribution in [0.5, 0.6) is 0 Å². The summed E-state index contributed by atoms with van der Waals surface area (Å²) in [5, 5.41) is 13.1. The second-order valence-electron chi connectivity index (χ2n) is 4.86. The first-order valence-electron chi connectivity index (χ1n) is 6.91. The number of thiazole rings is 1. The maximum absolute atomic E-state index is 11.1. The van der Waals surface area contributed by atoms with E-state index in [0.717, 1.165) is 25.4 Å². The number of carboxylic acid groups (broad SMARTS) is 1. The molecule has 0 aliphatic heterocycles. The van der Waals surface area contributed by atoms with Gasteiger partial charge in [-0.2, -0.15) is 0 Å². The average Bonchev–Trinajstić information content (AvgIpc) is 2.92. The van der Waals surface area contributed by atoms with E-state index in [9.17, 15) is 4.79 Å². The Labute approximate surface area is 151 Å². The molecule has 3 rings (SSSR count). The predicted molar refractivity (Wildman–Crippen MR) is 101 cm³/mol. The maximum Gasteiger partial charge on any atom is 0.308 e. The predicted octanol–water partition coefficient (Wildman–Crippen LogP) is 4.79. The van der Waals surface area contributed by atoms with E-state index in [0.29, 0.717) is 5.13 Å². The topological polar surface area (TPSA) is 62.2 Å². The summed E-state index contributed by atoms with van der Waals surface area (Å²) in [6, 6.07) is 17.6. The molecule has 0 saturated heterocycles. The smallest absolute Gasteiger partial charge is 0.308 e. The second-order valence-corrected chi connectivity index (χ2v) is 7.19. The van der Waals surface area contributed by atoms with Gasteiger partial charge in [0.2, 0.25) is 0 Å². The number of nitrogens with one attached hydrogen (secondary N) is 1. The summed E-state index contributed by atoms with van der Waals surface area (Å²) in [5.74, 6) is -0.855. The molecule has 116 valence electrons. The highest BCUT2D eigenvalue weighted by atomic mass is 127. The minimum atomic E-state index is -0.855. The van der Waals surface area contributed by atoms with E-state index < -0.39 is 5.97 Å². The first-order chi connectivity index (χ1) is 11.1. The van der Waals surface area contributed by atoms with Crippen LogP contribution in [0, 0.1) is 3.57 Å². The lowest BCUT2D eigenvalue weighted by molar-refractivity contribution is -0.136. The van der Waals surface area contributed by atoms with E-state index >= 15 is 0 Å². The molecular weight excluding hydrogens is 423 g/mol. The van der Waals surface area contributed by atoms with Crippen LogP contribution in [0.25, 0.3) is 11.3 Å². The summed E-state index contributed by atoms with van der Waals surface area (Å²) in [6.45, 7) is 0. The fourth-order valence-corrected chi connectivity index (χ4v) is 3.50. The fraction of sp³-hybridized carbons (Fsp3) is 0.0588. The number of aromatic nitrogens is 1. The number of anilines is 2. The van der Waals surface area contributed by atoms with Gasteiger partial charge in [-0.05, 0) is 46.9 Å². The van der Waals surface area contributed by atoms with Crippen molar-refractivity contribution in [3.05, 3.63) is 63.0 Å². The van der Waals surface area contributed by atoms with E-state index in [-0.39, 0.29) is 6.42 Å². The van der Waals surface area contributed by atoms with E-state index in [1.807, 2.05) is 54.6 Å². The van der Waals surface area contributed by atoms with Crippen LogP contribution in [0.4, 0.5) is 10.8 Å². The third kappa shape index (κ3) is 4.08. The Kier molecular flexibility index (Phi) is 4.92. The van der Waals surface area contributed by atoms with Crippen molar-refractivity contribution < 1.29 is 9.90 Å². The van der Waals surface area contributed by atoms with Crippen molar-refractivity contribution in [1.29, 1.82) is 0 Å². The number of hydrogen-bond acceptors (Lipinski definition) is 4. The van der Waals surface area contributed by atoms with E-state index in [1.165, 1.54) is 11.3 Å². The van der Waals surface area contributed by atoms with E-state index in [4.69, 9.17) is 5.11 Å². The van der Waals surface area contributed by atoms with Crippen LogP contribution in [0.15, 0.2) is 54.6 Å². The van der Waals surface area contributed by atoms with Gasteiger partial charge >= 0.3 is 5.97 Å². The molecule has 23 heavy (non-hydrogen) atoms. The molecule has 0 fully saturated rings. The molecule has 0 unspecified atom stereocenters. The van der Waals surface area contributed by atoms with Gasteiger partial charge in [-0.1, -0.05) is 30.3 Å². The molecule has 0 spiro atoms. The largest absolute Gasteiger partial charge is 0.481 e. The summed E-state index contributed by atoms with van der Waals surface area (Å²) < 4.78 is 1.16. The molecule has 0 saturated carbocycles. The lowest BCUT2D eigenvalue weighted by Crippen LogP contribution is -1.99. The van der Waals surface area contributed by atoms with Gasteiger partial charge in [0.15, 0.2) is 5.13 Å². The molecular formula is C17H13IN2O2S. The molecule has 2 aromatic carbocycles. The van der Waals surface area contributed by atoms with Gasteiger partial charge in [0.05, 0.1) is 12.1 Å². The normalized spacial score (nSPS) is 10.5. The van der Waals surface area contributed by atoms with Crippen LogP contribution >= 0.6 is 33.9 Å². The number of carbonyl (C=O) groups is 1. The van der Waals surface area contributed by atoms with Gasteiger partial charge in [0, 0.05) is 19.7 Å². The van der Waals surface area contributed by atoms with Gasteiger partial charge in [-0.15, -0.1) is 11.3 Å². The number of carboxylic acids is 1. The lowest BCUT2D eigenvalue weighted by Gasteiger charge is -2.02. The molecule has 0 atom stereocenters. The van der Waals surface area contributed by atoms with Crippen molar-refractivity contribution in [3.63, 3.8) is 0 Å². The quantitative estimate of drug-likeness (QED) is 0.565. The van der Waals surface area contributed by atoms with Crippen LogP contribution in [0.1, 0.15) is 4.88 Å². The number of hydrogen-bond donors (Lipinski definition) is 2. The first-order valence-corrected chi connectivity index (χ1v) is 8.81. The Morgan fingerprint density at radius 2 is 1.83 bits per heavy atom. The van der Waals surface area contributed by atoms with Gasteiger partial charge in [-0.25, -0.2) is 4.98 Å². The van der Waals surface area contributed by atoms with E-state index in [2.05, 4.69) is 32.9 Å². The number of benzene rings is 2. The summed E-state index contributed by atoms with van der Waals surface area (Å²) in [7, 11) is 0. The molecule has 6 heteroatoms. The van der Waals surface area contributed by atoms with Crippen LogP contribution in [0.2, 0.25) is 0 Å². The molecule has 0 bridgehead atoms. The standard InChI is InChI=1S/C17H13IN2O2S/c18-12-6-8-13(9-7-12)19-17-20-16(11-4-2-1-3-5-11)14(23-17)10-15(21)22/h1-9H,10H2,(H,19,20)(H,21,22). The minimum Gasteiger partial charge on any atom is -0.481 e. The average molecular weight is 436 g/mol. The van der Waals surface area contributed by atoms with Crippen molar-refractivity contribution >= 4 is 50.7 Å². The van der Waals surface area contributed by atoms with Crippen molar-refractivity contribution in [2.75, 3.05) is 5.32 Å². The molecule has 2 N–H and O–H groups in total. The van der Waals surface area contributed by atoms with Crippen LogP contribution in [0.3, 0.4) is 0 Å². The molecule has 0 aliphatic carbocycles. The van der Waals surface area contributed by atoms with Gasteiger partial charge < -0.3 is 10.4 Å². The number of nitrogens with zero attached hydrogens (tertiary/aromatic N) is 1. The molecule has 1 heterocycles. The number of halogens is 1. The molecule has 0 aliphatic rings. The fourth-order valence-electron chi connectivity index (χ4n) is 2.14. The molecule has 3 aromatic rings. The van der Waals surface area contributed by atoms with Gasteiger partial charge in [-0.3, -0.25) is 4.79 Å². The van der Waals surface area contributed by atoms with Crippen LogP contribution in [-0.4, -0.2) is 16.1 Å². The number of aliphatic carboxylic acids is 1. The van der Waals surface area contributed by atoms with Gasteiger partial charge in [0.1, 0.15) is 0 Å². The van der Waals surface area contributed by atoms with Crippen LogP contribution < -0.4 is 5.32 Å². The van der Waals surface area contributed by atoms with Crippen molar-refractivity contribution in [2.24, 2.45) is 0 Å². The Balaban J connectivity index is 1.94. The lowest BCUT2D eigenvalue weighted by atomic mass is 10.1. The van der Waals surface area contributed by atoms with Gasteiger partial charge in [0.25, 0.3) is 0 Å². The minimum absolute atomic E-state index is 0.0315. The molecule has 4 nitrogen and oxygen atoms in total. The first kappa shape index (κ1) is 15.9. The van der Waals surface area contributed by atoms with Crippen LogP contribution in [-0.2, 0) is 11.2 Å². The molecule has 1 aromatic heterocycles. The summed E-state index contributed by atoms with van der Waals surface area (Å²) in [5.41, 5.74) is 2.59. The van der Waals surface area contributed by atoms with Crippen molar-refractivity contribution in [1.82, 2.24) is 4.98 Å². The zero-order chi connectivity index (χ0) is 16.2. The maximum atomic E-state index is 11.1. The highest BCUT2D eigenvalue weighted by Gasteiger charge is 2.15. The zero-order valence-corrected chi connectivity index (χ0v) is 15.0. The monoisotopic (exact) mass is 436 g/mol. The van der Waals surface area contributed by atoms with E-state index in [1.54, 1.807) is 0 Å². The summed E-state index contributed by atoms with van der Waals surface area (Å²) >= 11 is 3.63. The second kappa shape index (κ2) is 7.10. The SMILES string of the molecule is O=C(O)Cc1sc(Nc2ccc(I)cc2)nc1-c1ccccc1. The van der Waals surface area contributed by atoms with Crippen molar-refractivity contribution in [2.45, 2.75) is 6.42 Å². The highest BCUT2D eigenvalue weighted by Crippen LogP contribution is 2.33. The van der Waals surface area contributed by atoms with Crippen molar-refractivity contribution in [3.8, 4) is 11.3 Å². The third-order valence-corrected chi connectivity index (χ3v) is 4.84. The summed E-state index contributed by atoms with van der Waals surface area (Å²) in [4.78, 5) is 16.5. The third-order valence-electron chi connectivity index (χ3n) is 3.15.